The Labute approximate surface area is 102 Å². The highest BCUT2D eigenvalue weighted by molar-refractivity contribution is 5.81. The molecular weight excluding hydrogens is 210 g/mol. The number of anilines is 1. The fraction of sp³-hybridized carbons (Fsp3) is 0.500. The molecule has 1 aromatic heterocycles. The predicted molar refractivity (Wildman–Crippen MR) is 71.1 cm³/mol. The first kappa shape index (κ1) is 10.6. The third-order valence-corrected chi connectivity index (χ3v) is 3.77. The van der Waals surface area contributed by atoms with Gasteiger partial charge in [-0.2, -0.15) is 5.10 Å². The lowest BCUT2D eigenvalue weighted by atomic mass is 9.81. The summed E-state index contributed by atoms with van der Waals surface area (Å²) < 4.78 is 0. The van der Waals surface area contributed by atoms with Crippen LogP contribution in [0.4, 0.5) is 5.69 Å². The molecule has 1 aliphatic carbocycles. The van der Waals surface area contributed by atoms with Crippen LogP contribution in [0.15, 0.2) is 24.4 Å². The third-order valence-electron chi connectivity index (χ3n) is 3.77. The summed E-state index contributed by atoms with van der Waals surface area (Å²) >= 11 is 0. The summed E-state index contributed by atoms with van der Waals surface area (Å²) in [5.41, 5.74) is 2.29. The van der Waals surface area contributed by atoms with E-state index in [0.717, 1.165) is 11.4 Å². The summed E-state index contributed by atoms with van der Waals surface area (Å²) in [5.74, 6) is 0.952. The van der Waals surface area contributed by atoms with Gasteiger partial charge in [0.05, 0.1) is 11.7 Å². The highest BCUT2D eigenvalue weighted by atomic mass is 15.1. The molecule has 0 amide bonds. The SMILES string of the molecule is CC(CC1CCC1)Nc1ccc2cn[nH]c2c1. The molecule has 3 rings (SSSR count). The van der Waals surface area contributed by atoms with Crippen molar-refractivity contribution in [2.45, 2.75) is 38.6 Å². The Kier molecular flexibility index (Phi) is 2.75. The number of aromatic nitrogens is 2. The van der Waals surface area contributed by atoms with E-state index < -0.39 is 0 Å². The molecule has 3 heteroatoms. The zero-order valence-corrected chi connectivity index (χ0v) is 10.2. The van der Waals surface area contributed by atoms with Gasteiger partial charge in [0.15, 0.2) is 0 Å². The van der Waals surface area contributed by atoms with E-state index in [1.54, 1.807) is 0 Å². The van der Waals surface area contributed by atoms with Crippen LogP contribution in [0.5, 0.6) is 0 Å². The lowest BCUT2D eigenvalue weighted by molar-refractivity contribution is 0.286. The number of hydrogen-bond acceptors (Lipinski definition) is 2. The standard InChI is InChI=1S/C14H19N3/c1-10(7-11-3-2-4-11)16-13-6-5-12-9-15-17-14(12)8-13/h5-6,8-11,16H,2-4,7H2,1H3,(H,15,17). The topological polar surface area (TPSA) is 40.7 Å². The van der Waals surface area contributed by atoms with E-state index in [1.165, 1.54) is 36.8 Å². The molecule has 1 fully saturated rings. The molecule has 2 N–H and O–H groups in total. The fourth-order valence-electron chi connectivity index (χ4n) is 2.60. The Bertz CT molecular complexity index is 499. The largest absolute Gasteiger partial charge is 0.383 e. The minimum atomic E-state index is 0.556. The molecule has 0 radical (unpaired) electrons. The molecule has 0 bridgehead atoms. The second-order valence-corrected chi connectivity index (χ2v) is 5.25. The molecular formula is C14H19N3. The normalized spacial score (nSPS) is 17.9. The van der Waals surface area contributed by atoms with Crippen LogP contribution in [0.1, 0.15) is 32.6 Å². The molecule has 1 heterocycles. The van der Waals surface area contributed by atoms with Gasteiger partial charge in [0.1, 0.15) is 0 Å². The molecule has 1 aromatic carbocycles. The van der Waals surface area contributed by atoms with Crippen molar-refractivity contribution >= 4 is 16.6 Å². The van der Waals surface area contributed by atoms with Crippen molar-refractivity contribution in [1.29, 1.82) is 0 Å². The summed E-state index contributed by atoms with van der Waals surface area (Å²) in [6, 6.07) is 6.94. The van der Waals surface area contributed by atoms with Crippen molar-refractivity contribution in [3.8, 4) is 0 Å². The van der Waals surface area contributed by atoms with Gasteiger partial charge in [-0.05, 0) is 37.5 Å². The van der Waals surface area contributed by atoms with Gasteiger partial charge < -0.3 is 5.32 Å². The highest BCUT2D eigenvalue weighted by Crippen LogP contribution is 2.31. The molecule has 1 saturated carbocycles. The Balaban J connectivity index is 1.66. The number of H-pyrrole nitrogens is 1. The van der Waals surface area contributed by atoms with E-state index >= 15 is 0 Å². The maximum atomic E-state index is 4.04. The summed E-state index contributed by atoms with van der Waals surface area (Å²) in [6.45, 7) is 2.27. The molecule has 3 nitrogen and oxygen atoms in total. The maximum Gasteiger partial charge on any atom is 0.0670 e. The Morgan fingerprint density at radius 1 is 1.47 bits per heavy atom. The second-order valence-electron chi connectivity index (χ2n) is 5.25. The van der Waals surface area contributed by atoms with Crippen molar-refractivity contribution < 1.29 is 0 Å². The smallest absolute Gasteiger partial charge is 0.0670 e. The molecule has 17 heavy (non-hydrogen) atoms. The third kappa shape index (κ3) is 2.28. The summed E-state index contributed by atoms with van der Waals surface area (Å²) in [7, 11) is 0. The number of fused-ring (bicyclic) bond motifs is 1. The zero-order valence-electron chi connectivity index (χ0n) is 10.2. The van der Waals surface area contributed by atoms with E-state index in [4.69, 9.17) is 0 Å². The average Bonchev–Trinajstić information content (AvgIpc) is 2.71. The first-order valence-electron chi connectivity index (χ1n) is 6.51. The van der Waals surface area contributed by atoms with Crippen LogP contribution in [0.3, 0.4) is 0 Å². The van der Waals surface area contributed by atoms with Crippen molar-refractivity contribution in [2.75, 3.05) is 5.32 Å². The number of hydrogen-bond donors (Lipinski definition) is 2. The van der Waals surface area contributed by atoms with Crippen molar-refractivity contribution in [3.05, 3.63) is 24.4 Å². The van der Waals surface area contributed by atoms with E-state index in [1.807, 2.05) is 6.20 Å². The summed E-state index contributed by atoms with van der Waals surface area (Å²) in [5, 5.41) is 11.8. The number of benzene rings is 1. The van der Waals surface area contributed by atoms with Gasteiger partial charge in [0, 0.05) is 17.1 Å². The van der Waals surface area contributed by atoms with Gasteiger partial charge in [-0.3, -0.25) is 5.10 Å². The van der Waals surface area contributed by atoms with Gasteiger partial charge in [-0.25, -0.2) is 0 Å². The van der Waals surface area contributed by atoms with Crippen LogP contribution < -0.4 is 5.32 Å². The molecule has 1 aliphatic rings. The van der Waals surface area contributed by atoms with Gasteiger partial charge in [-0.1, -0.05) is 19.3 Å². The van der Waals surface area contributed by atoms with E-state index in [9.17, 15) is 0 Å². The molecule has 0 aliphatic heterocycles. The molecule has 0 saturated heterocycles. The van der Waals surface area contributed by atoms with Crippen LogP contribution in [-0.2, 0) is 0 Å². The number of aromatic amines is 1. The van der Waals surface area contributed by atoms with Crippen molar-refractivity contribution in [1.82, 2.24) is 10.2 Å². The molecule has 1 atom stereocenters. The number of nitrogens with zero attached hydrogens (tertiary/aromatic N) is 1. The Morgan fingerprint density at radius 2 is 2.35 bits per heavy atom. The highest BCUT2D eigenvalue weighted by Gasteiger charge is 2.19. The zero-order chi connectivity index (χ0) is 11.7. The van der Waals surface area contributed by atoms with E-state index in [0.29, 0.717) is 6.04 Å². The first-order valence-corrected chi connectivity index (χ1v) is 6.51. The Hall–Kier alpha value is -1.51. The quantitative estimate of drug-likeness (QED) is 0.841. The lowest BCUT2D eigenvalue weighted by Gasteiger charge is -2.28. The van der Waals surface area contributed by atoms with Gasteiger partial charge >= 0.3 is 0 Å². The summed E-state index contributed by atoms with van der Waals surface area (Å²) in [6.07, 6.45) is 7.42. The number of nitrogens with one attached hydrogen (secondary N) is 2. The minimum absolute atomic E-state index is 0.556. The summed E-state index contributed by atoms with van der Waals surface area (Å²) in [4.78, 5) is 0. The number of rotatable bonds is 4. The lowest BCUT2D eigenvalue weighted by Crippen LogP contribution is -2.23. The Morgan fingerprint density at radius 3 is 3.12 bits per heavy atom. The van der Waals surface area contributed by atoms with E-state index in [2.05, 4.69) is 40.6 Å². The molecule has 1 unspecified atom stereocenters. The fourth-order valence-corrected chi connectivity index (χ4v) is 2.60. The maximum absolute atomic E-state index is 4.04. The van der Waals surface area contributed by atoms with Crippen LogP contribution in [0.25, 0.3) is 10.9 Å². The van der Waals surface area contributed by atoms with Crippen LogP contribution in [0, 0.1) is 5.92 Å². The molecule has 0 spiro atoms. The van der Waals surface area contributed by atoms with Gasteiger partial charge in [0.25, 0.3) is 0 Å². The minimum Gasteiger partial charge on any atom is -0.383 e. The van der Waals surface area contributed by atoms with Crippen LogP contribution in [0.2, 0.25) is 0 Å². The van der Waals surface area contributed by atoms with Gasteiger partial charge in [-0.15, -0.1) is 0 Å². The van der Waals surface area contributed by atoms with Crippen LogP contribution >= 0.6 is 0 Å². The van der Waals surface area contributed by atoms with Crippen molar-refractivity contribution in [2.24, 2.45) is 5.92 Å². The van der Waals surface area contributed by atoms with Crippen LogP contribution in [-0.4, -0.2) is 16.2 Å². The second kappa shape index (κ2) is 4.40. The predicted octanol–water partition coefficient (Wildman–Crippen LogP) is 3.55. The van der Waals surface area contributed by atoms with Crippen molar-refractivity contribution in [3.63, 3.8) is 0 Å². The van der Waals surface area contributed by atoms with Gasteiger partial charge in [0.2, 0.25) is 0 Å². The van der Waals surface area contributed by atoms with E-state index in [-0.39, 0.29) is 0 Å². The molecule has 90 valence electrons. The monoisotopic (exact) mass is 229 g/mol. The first-order chi connectivity index (χ1) is 8.31. The molecule has 2 aromatic rings. The average molecular weight is 229 g/mol.